The van der Waals surface area contributed by atoms with Crippen LogP contribution in [0, 0.1) is 6.92 Å². The number of carbonyl (C=O) groups is 2. The number of aromatic amines is 1. The summed E-state index contributed by atoms with van der Waals surface area (Å²) < 4.78 is 0. The maximum atomic E-state index is 11.7. The highest BCUT2D eigenvalue weighted by molar-refractivity contribution is 6.02. The summed E-state index contributed by atoms with van der Waals surface area (Å²) in [7, 11) is 0. The predicted molar refractivity (Wildman–Crippen MR) is 65.7 cm³/mol. The van der Waals surface area contributed by atoms with Gasteiger partial charge in [0.25, 0.3) is 0 Å². The van der Waals surface area contributed by atoms with Gasteiger partial charge in [0.2, 0.25) is 0 Å². The van der Waals surface area contributed by atoms with Crippen molar-refractivity contribution in [2.45, 2.75) is 46.5 Å². The Morgan fingerprint density at radius 1 is 1.24 bits per heavy atom. The molecule has 0 atom stereocenters. The third-order valence-electron chi connectivity index (χ3n) is 2.86. The zero-order valence-electron chi connectivity index (χ0n) is 10.6. The maximum Gasteiger partial charge on any atom is 0.352 e. The SMILES string of the molecule is CC.Cc1[nH]c(C(=O)O)c2c1C(=O)CCCC2. The van der Waals surface area contributed by atoms with Gasteiger partial charge in [-0.3, -0.25) is 4.79 Å². The first-order valence-corrected chi connectivity index (χ1v) is 6.09. The molecule has 2 rings (SSSR count). The Labute approximate surface area is 101 Å². The van der Waals surface area contributed by atoms with Crippen molar-refractivity contribution in [3.8, 4) is 0 Å². The number of carbonyl (C=O) groups excluding carboxylic acids is 1. The van der Waals surface area contributed by atoms with Crippen LogP contribution in [0.3, 0.4) is 0 Å². The fourth-order valence-corrected chi connectivity index (χ4v) is 2.20. The van der Waals surface area contributed by atoms with Crippen molar-refractivity contribution in [2.24, 2.45) is 0 Å². The summed E-state index contributed by atoms with van der Waals surface area (Å²) in [5.74, 6) is -0.905. The number of aryl methyl sites for hydroxylation is 1. The molecule has 0 bridgehead atoms. The number of nitrogens with one attached hydrogen (secondary N) is 1. The standard InChI is InChI=1S/C11H13NO3.C2H6/c1-6-9-7(10(12-6)11(14)15)4-2-3-5-8(9)13;1-2/h12H,2-5H2,1H3,(H,14,15);1-2H3. The molecule has 1 aromatic heterocycles. The van der Waals surface area contributed by atoms with Crippen molar-refractivity contribution < 1.29 is 14.7 Å². The van der Waals surface area contributed by atoms with Gasteiger partial charge in [-0.1, -0.05) is 13.8 Å². The molecule has 4 nitrogen and oxygen atoms in total. The third kappa shape index (κ3) is 2.57. The summed E-state index contributed by atoms with van der Waals surface area (Å²) in [5.41, 5.74) is 2.19. The number of hydrogen-bond donors (Lipinski definition) is 2. The Hall–Kier alpha value is -1.58. The molecule has 0 aliphatic heterocycles. The van der Waals surface area contributed by atoms with Gasteiger partial charge in [0.05, 0.1) is 0 Å². The van der Waals surface area contributed by atoms with Gasteiger partial charge >= 0.3 is 5.97 Å². The molecule has 17 heavy (non-hydrogen) atoms. The van der Waals surface area contributed by atoms with Crippen LogP contribution in [-0.4, -0.2) is 21.8 Å². The molecule has 2 N–H and O–H groups in total. The number of Topliss-reactive ketones (excluding diaryl/α,β-unsaturated/α-hetero) is 1. The highest BCUT2D eigenvalue weighted by Crippen LogP contribution is 2.26. The lowest BCUT2D eigenvalue weighted by molar-refractivity contribution is 0.0689. The molecule has 1 aromatic rings. The van der Waals surface area contributed by atoms with Gasteiger partial charge in [0.15, 0.2) is 5.78 Å². The Bertz CT molecular complexity index is 432. The fourth-order valence-electron chi connectivity index (χ4n) is 2.20. The van der Waals surface area contributed by atoms with Crippen LogP contribution in [0.2, 0.25) is 0 Å². The summed E-state index contributed by atoms with van der Waals surface area (Å²) in [6.45, 7) is 5.76. The average molecular weight is 237 g/mol. The lowest BCUT2D eigenvalue weighted by atomic mass is 10.0. The van der Waals surface area contributed by atoms with E-state index in [0.717, 1.165) is 12.8 Å². The topological polar surface area (TPSA) is 70.2 Å². The van der Waals surface area contributed by atoms with E-state index in [0.29, 0.717) is 29.7 Å². The second-order valence-corrected chi connectivity index (χ2v) is 3.91. The monoisotopic (exact) mass is 237 g/mol. The molecule has 0 aromatic carbocycles. The number of carboxylic acid groups (broad SMARTS) is 1. The molecule has 0 fully saturated rings. The molecule has 0 saturated heterocycles. The smallest absolute Gasteiger partial charge is 0.352 e. The minimum absolute atomic E-state index is 0.0729. The normalized spacial score (nSPS) is 14.4. The van der Waals surface area contributed by atoms with Gasteiger partial charge in [0, 0.05) is 17.7 Å². The Balaban J connectivity index is 0.000000686. The quantitative estimate of drug-likeness (QED) is 0.738. The molecule has 94 valence electrons. The maximum absolute atomic E-state index is 11.7. The first-order valence-electron chi connectivity index (χ1n) is 6.09. The molecular weight excluding hydrogens is 218 g/mol. The average Bonchev–Trinajstić information content (AvgIpc) is 2.51. The fraction of sp³-hybridized carbons (Fsp3) is 0.538. The number of fused-ring (bicyclic) bond motifs is 1. The van der Waals surface area contributed by atoms with E-state index in [1.165, 1.54) is 0 Å². The Kier molecular flexibility index (Phi) is 4.49. The van der Waals surface area contributed by atoms with E-state index < -0.39 is 5.97 Å². The summed E-state index contributed by atoms with van der Waals surface area (Å²) in [5, 5.41) is 8.99. The van der Waals surface area contributed by atoms with Crippen molar-refractivity contribution in [3.05, 3.63) is 22.5 Å². The van der Waals surface area contributed by atoms with E-state index in [2.05, 4.69) is 4.98 Å². The van der Waals surface area contributed by atoms with E-state index in [1.54, 1.807) is 6.92 Å². The molecule has 1 aliphatic rings. The van der Waals surface area contributed by atoms with Crippen LogP contribution in [0.15, 0.2) is 0 Å². The Morgan fingerprint density at radius 3 is 2.41 bits per heavy atom. The second kappa shape index (κ2) is 5.66. The largest absolute Gasteiger partial charge is 0.477 e. The molecule has 0 amide bonds. The van der Waals surface area contributed by atoms with Crippen molar-refractivity contribution >= 4 is 11.8 Å². The van der Waals surface area contributed by atoms with E-state index in [9.17, 15) is 9.59 Å². The minimum Gasteiger partial charge on any atom is -0.477 e. The number of ketones is 1. The molecule has 0 spiro atoms. The highest BCUT2D eigenvalue weighted by atomic mass is 16.4. The third-order valence-corrected chi connectivity index (χ3v) is 2.86. The van der Waals surface area contributed by atoms with Crippen LogP contribution in [-0.2, 0) is 6.42 Å². The first-order chi connectivity index (χ1) is 8.11. The highest BCUT2D eigenvalue weighted by Gasteiger charge is 2.25. The number of aromatic nitrogens is 1. The van der Waals surface area contributed by atoms with Crippen LogP contribution < -0.4 is 0 Å². The van der Waals surface area contributed by atoms with Crippen LogP contribution in [0.5, 0.6) is 0 Å². The van der Waals surface area contributed by atoms with Gasteiger partial charge in [-0.15, -0.1) is 0 Å². The lowest BCUT2D eigenvalue weighted by Gasteiger charge is -1.98. The first kappa shape index (κ1) is 13.5. The van der Waals surface area contributed by atoms with E-state index in [4.69, 9.17) is 5.11 Å². The zero-order valence-corrected chi connectivity index (χ0v) is 10.6. The summed E-state index contributed by atoms with van der Waals surface area (Å²) in [4.78, 5) is 25.5. The number of carboxylic acids is 1. The summed E-state index contributed by atoms with van der Waals surface area (Å²) >= 11 is 0. The molecule has 0 saturated carbocycles. The number of H-pyrrole nitrogens is 1. The van der Waals surface area contributed by atoms with Gasteiger partial charge in [-0.25, -0.2) is 4.79 Å². The van der Waals surface area contributed by atoms with E-state index in [-0.39, 0.29) is 11.5 Å². The number of rotatable bonds is 1. The number of hydrogen-bond acceptors (Lipinski definition) is 2. The summed E-state index contributed by atoms with van der Waals surface area (Å²) in [6, 6.07) is 0. The predicted octanol–water partition coefficient (Wildman–Crippen LogP) is 2.96. The lowest BCUT2D eigenvalue weighted by Crippen LogP contribution is -2.03. The van der Waals surface area contributed by atoms with Crippen molar-refractivity contribution in [2.75, 3.05) is 0 Å². The van der Waals surface area contributed by atoms with Gasteiger partial charge in [-0.05, 0) is 31.7 Å². The van der Waals surface area contributed by atoms with Crippen LogP contribution in [0.1, 0.15) is 65.2 Å². The van der Waals surface area contributed by atoms with Crippen LogP contribution in [0.25, 0.3) is 0 Å². The Morgan fingerprint density at radius 2 is 1.82 bits per heavy atom. The zero-order chi connectivity index (χ0) is 13.0. The molecule has 0 radical (unpaired) electrons. The molecule has 0 unspecified atom stereocenters. The molecule has 1 aliphatic carbocycles. The molecule has 1 heterocycles. The second-order valence-electron chi connectivity index (χ2n) is 3.91. The van der Waals surface area contributed by atoms with E-state index >= 15 is 0 Å². The van der Waals surface area contributed by atoms with Crippen LogP contribution in [0.4, 0.5) is 0 Å². The van der Waals surface area contributed by atoms with Gasteiger partial charge in [0.1, 0.15) is 5.69 Å². The summed E-state index contributed by atoms with van der Waals surface area (Å²) in [6.07, 6.45) is 2.96. The van der Waals surface area contributed by atoms with Crippen molar-refractivity contribution in [3.63, 3.8) is 0 Å². The van der Waals surface area contributed by atoms with Crippen molar-refractivity contribution in [1.82, 2.24) is 4.98 Å². The van der Waals surface area contributed by atoms with Crippen LogP contribution >= 0.6 is 0 Å². The minimum atomic E-state index is -0.978. The number of aromatic carboxylic acids is 1. The van der Waals surface area contributed by atoms with E-state index in [1.807, 2.05) is 13.8 Å². The van der Waals surface area contributed by atoms with Gasteiger partial charge in [-0.2, -0.15) is 0 Å². The molecular formula is C13H19NO3. The van der Waals surface area contributed by atoms with Crippen molar-refractivity contribution in [1.29, 1.82) is 0 Å². The molecule has 4 heteroatoms. The van der Waals surface area contributed by atoms with Gasteiger partial charge < -0.3 is 10.1 Å².